The van der Waals surface area contributed by atoms with Crippen LogP contribution in [0.3, 0.4) is 0 Å². The molecule has 0 bridgehead atoms. The van der Waals surface area contributed by atoms with Crippen LogP contribution < -0.4 is 5.73 Å². The maximum atomic E-state index is 9.92. The first-order chi connectivity index (χ1) is 9.32. The summed E-state index contributed by atoms with van der Waals surface area (Å²) in [6.07, 6.45) is 2.49. The van der Waals surface area contributed by atoms with Crippen LogP contribution in [0.1, 0.15) is 38.7 Å². The van der Waals surface area contributed by atoms with E-state index in [2.05, 4.69) is 30.7 Å². The minimum Gasteiger partial charge on any atom is -0.396 e. The maximum absolute atomic E-state index is 9.92. The maximum Gasteiger partial charge on any atom is 0.133 e. The van der Waals surface area contributed by atoms with Crippen molar-refractivity contribution >= 4 is 0 Å². The van der Waals surface area contributed by atoms with Crippen LogP contribution in [-0.2, 0) is 11.8 Å². The fourth-order valence-corrected chi connectivity index (χ4v) is 2.90. The zero-order chi connectivity index (χ0) is 14.9. The van der Waals surface area contributed by atoms with Crippen LogP contribution >= 0.6 is 0 Å². The van der Waals surface area contributed by atoms with E-state index in [1.54, 1.807) is 6.20 Å². The fraction of sp³-hybridized carbons (Fsp3) is 0.733. The molecule has 1 aromatic heterocycles. The van der Waals surface area contributed by atoms with Crippen LogP contribution in [0.4, 0.5) is 0 Å². The van der Waals surface area contributed by atoms with Gasteiger partial charge in [-0.2, -0.15) is 0 Å². The van der Waals surface area contributed by atoms with E-state index in [4.69, 9.17) is 5.73 Å². The van der Waals surface area contributed by atoms with E-state index in [0.29, 0.717) is 12.8 Å². The Morgan fingerprint density at radius 3 is 2.65 bits per heavy atom. The van der Waals surface area contributed by atoms with E-state index < -0.39 is 6.10 Å². The van der Waals surface area contributed by atoms with E-state index in [0.717, 1.165) is 11.5 Å². The molecule has 0 amide bonds. The second kappa shape index (κ2) is 5.76. The van der Waals surface area contributed by atoms with Gasteiger partial charge in [0.05, 0.1) is 6.10 Å². The topological polar surface area (TPSA) is 92.3 Å². The van der Waals surface area contributed by atoms with Gasteiger partial charge in [-0.05, 0) is 24.8 Å². The molecule has 5 nitrogen and oxygen atoms in total. The van der Waals surface area contributed by atoms with Crippen molar-refractivity contribution < 1.29 is 10.2 Å². The standard InChI is InChI=1S/C15H25N3O2/c1-15(2,3)14-17-5-4-9(18-14)6-10-11(8-19)13(20)7-12(10)16/h4-5,10-13,19-20H,6-8,16H2,1-3H3/t10-,11-,12-,13-/m1/s1. The number of aromatic nitrogens is 2. The van der Waals surface area contributed by atoms with Gasteiger partial charge in [-0.15, -0.1) is 0 Å². The third-order valence-corrected chi connectivity index (χ3v) is 4.15. The monoisotopic (exact) mass is 279 g/mol. The van der Waals surface area contributed by atoms with Crippen molar-refractivity contribution in [2.24, 2.45) is 17.6 Å². The van der Waals surface area contributed by atoms with Crippen LogP contribution in [0.2, 0.25) is 0 Å². The zero-order valence-electron chi connectivity index (χ0n) is 12.5. The Morgan fingerprint density at radius 2 is 2.05 bits per heavy atom. The molecule has 2 rings (SSSR count). The van der Waals surface area contributed by atoms with E-state index in [1.165, 1.54) is 0 Å². The number of nitrogens with zero attached hydrogens (tertiary/aromatic N) is 2. The second-order valence-electron chi connectivity index (χ2n) is 6.80. The molecule has 112 valence electrons. The van der Waals surface area contributed by atoms with Crippen molar-refractivity contribution in [1.82, 2.24) is 9.97 Å². The summed E-state index contributed by atoms with van der Waals surface area (Å²) in [5, 5.41) is 19.4. The lowest BCUT2D eigenvalue weighted by Gasteiger charge is -2.23. The third-order valence-electron chi connectivity index (χ3n) is 4.15. The summed E-state index contributed by atoms with van der Waals surface area (Å²) in [6.45, 7) is 6.20. The summed E-state index contributed by atoms with van der Waals surface area (Å²) in [5.41, 5.74) is 6.93. The van der Waals surface area contributed by atoms with E-state index in [1.807, 2.05) is 6.07 Å². The van der Waals surface area contributed by atoms with Gasteiger partial charge in [-0.25, -0.2) is 9.97 Å². The molecule has 0 saturated heterocycles. The Morgan fingerprint density at radius 1 is 1.35 bits per heavy atom. The highest BCUT2D eigenvalue weighted by molar-refractivity contribution is 5.11. The Labute approximate surface area is 120 Å². The molecule has 1 aliphatic rings. The predicted molar refractivity (Wildman–Crippen MR) is 77.1 cm³/mol. The summed E-state index contributed by atoms with van der Waals surface area (Å²) in [7, 11) is 0. The van der Waals surface area contributed by atoms with Crippen molar-refractivity contribution in [3.63, 3.8) is 0 Å². The molecule has 0 aliphatic heterocycles. The summed E-state index contributed by atoms with van der Waals surface area (Å²) in [5.74, 6) is 0.721. The van der Waals surface area contributed by atoms with Gasteiger partial charge in [0.15, 0.2) is 0 Å². The molecule has 4 atom stereocenters. The van der Waals surface area contributed by atoms with Gasteiger partial charge in [0.2, 0.25) is 0 Å². The first kappa shape index (κ1) is 15.4. The fourth-order valence-electron chi connectivity index (χ4n) is 2.90. The van der Waals surface area contributed by atoms with Crippen molar-refractivity contribution in [3.8, 4) is 0 Å². The smallest absolute Gasteiger partial charge is 0.133 e. The minimum absolute atomic E-state index is 0.0310. The van der Waals surface area contributed by atoms with Crippen LogP contribution in [0.15, 0.2) is 12.3 Å². The third kappa shape index (κ3) is 3.16. The van der Waals surface area contributed by atoms with Crippen molar-refractivity contribution in [3.05, 3.63) is 23.8 Å². The van der Waals surface area contributed by atoms with Gasteiger partial charge in [-0.3, -0.25) is 0 Å². The van der Waals surface area contributed by atoms with Crippen LogP contribution in [0.5, 0.6) is 0 Å². The van der Waals surface area contributed by atoms with Crippen LogP contribution in [0, 0.1) is 11.8 Å². The highest BCUT2D eigenvalue weighted by Gasteiger charge is 2.40. The first-order valence-corrected chi connectivity index (χ1v) is 7.20. The van der Waals surface area contributed by atoms with Crippen molar-refractivity contribution in [1.29, 1.82) is 0 Å². The number of rotatable bonds is 3. The van der Waals surface area contributed by atoms with Crippen LogP contribution in [0.25, 0.3) is 0 Å². The molecule has 1 saturated carbocycles. The highest BCUT2D eigenvalue weighted by atomic mass is 16.3. The number of nitrogens with two attached hydrogens (primary N) is 1. The molecule has 1 aliphatic carbocycles. The largest absolute Gasteiger partial charge is 0.396 e. The van der Waals surface area contributed by atoms with Gasteiger partial charge >= 0.3 is 0 Å². The summed E-state index contributed by atoms with van der Waals surface area (Å²) >= 11 is 0. The molecule has 1 aromatic rings. The van der Waals surface area contributed by atoms with Gasteiger partial charge in [0.25, 0.3) is 0 Å². The Bertz CT molecular complexity index is 459. The second-order valence-corrected chi connectivity index (χ2v) is 6.80. The predicted octanol–water partition coefficient (Wildman–Crippen LogP) is 0.633. The molecular weight excluding hydrogens is 254 g/mol. The SMILES string of the molecule is CC(C)(C)c1nccc(C[C@@H]2[C@@H](CO)[C@H](O)C[C@H]2N)n1. The first-order valence-electron chi connectivity index (χ1n) is 7.20. The zero-order valence-corrected chi connectivity index (χ0v) is 12.5. The van der Waals surface area contributed by atoms with Gasteiger partial charge < -0.3 is 15.9 Å². The Balaban J connectivity index is 2.17. The molecule has 20 heavy (non-hydrogen) atoms. The van der Waals surface area contributed by atoms with Gasteiger partial charge in [0, 0.05) is 35.9 Å². The van der Waals surface area contributed by atoms with E-state index in [9.17, 15) is 10.2 Å². The average Bonchev–Trinajstić information content (AvgIpc) is 2.63. The van der Waals surface area contributed by atoms with Gasteiger partial charge in [-0.1, -0.05) is 20.8 Å². The highest BCUT2D eigenvalue weighted by Crippen LogP contribution is 2.33. The number of aliphatic hydroxyl groups excluding tert-OH is 2. The Hall–Kier alpha value is -1.04. The molecule has 0 radical (unpaired) electrons. The van der Waals surface area contributed by atoms with E-state index >= 15 is 0 Å². The summed E-state index contributed by atoms with van der Waals surface area (Å²) in [6, 6.07) is 1.80. The number of hydrogen-bond acceptors (Lipinski definition) is 5. The van der Waals surface area contributed by atoms with Crippen molar-refractivity contribution in [2.75, 3.05) is 6.61 Å². The number of hydrogen-bond donors (Lipinski definition) is 3. The van der Waals surface area contributed by atoms with Crippen LogP contribution in [-0.4, -0.2) is 38.9 Å². The molecule has 5 heteroatoms. The van der Waals surface area contributed by atoms with Crippen molar-refractivity contribution in [2.45, 2.75) is 51.2 Å². The normalized spacial score (nSPS) is 30.7. The summed E-state index contributed by atoms with van der Waals surface area (Å²) < 4.78 is 0. The molecular formula is C15H25N3O2. The minimum atomic E-state index is -0.510. The molecule has 0 aromatic carbocycles. The molecule has 0 spiro atoms. The lowest BCUT2D eigenvalue weighted by atomic mass is 9.89. The quantitative estimate of drug-likeness (QED) is 0.755. The molecule has 0 unspecified atom stereocenters. The lowest BCUT2D eigenvalue weighted by Crippen LogP contribution is -2.32. The average molecular weight is 279 g/mol. The number of aliphatic hydroxyl groups is 2. The van der Waals surface area contributed by atoms with Gasteiger partial charge in [0.1, 0.15) is 5.82 Å². The molecule has 1 fully saturated rings. The summed E-state index contributed by atoms with van der Waals surface area (Å²) in [4.78, 5) is 8.92. The molecule has 1 heterocycles. The lowest BCUT2D eigenvalue weighted by molar-refractivity contribution is 0.0717. The Kier molecular flexibility index (Phi) is 4.42. The molecule has 4 N–H and O–H groups in total. The van der Waals surface area contributed by atoms with E-state index in [-0.39, 0.29) is 29.9 Å².